The predicted octanol–water partition coefficient (Wildman–Crippen LogP) is 7.52. The molecule has 0 saturated carbocycles. The molecule has 74 heavy (non-hydrogen) atoms. The number of hydrogen-bond donors (Lipinski definition) is 1. The van der Waals surface area contributed by atoms with Gasteiger partial charge in [0, 0.05) is 31.3 Å². The molecule has 3 amide bonds. The lowest BCUT2D eigenvalue weighted by molar-refractivity contribution is -0.179. The average molecular weight is 998 g/mol. The second-order valence-corrected chi connectivity index (χ2v) is 18.4. The molecule has 6 aromatic rings. The lowest BCUT2D eigenvalue weighted by atomic mass is 9.64. The van der Waals surface area contributed by atoms with E-state index in [2.05, 4.69) is 11.8 Å². The van der Waals surface area contributed by atoms with E-state index in [1.165, 1.54) is 7.11 Å². The number of cyclic esters (lactones) is 1. The second-order valence-electron chi connectivity index (χ2n) is 18.4. The first kappa shape index (κ1) is 49.4. The van der Waals surface area contributed by atoms with Crippen LogP contribution in [0.4, 0.5) is 10.5 Å². The number of carbonyl (C=O) groups excluding carboxylic acids is 4. The SMILES string of the molecule is COCCOC(=O)N1C(=O)[C@@]2(c3cc(C#Cc4ccc(OC)cc4)ccc31)[C@H](c1cccc(OCCO)c1)N1[C@H](c3ccccc3)[C@H](c3ccccc3)OC(=O)[C@H]1[C@@H]2C(=O)N1CCc2cc(OC)c(OC)cc2C1. The summed E-state index contributed by atoms with van der Waals surface area (Å²) in [5, 5.41) is 9.90. The number of morpholine rings is 1. The van der Waals surface area contributed by atoms with E-state index in [1.807, 2.05) is 95.9 Å². The number of fused-ring (bicyclic) bond motifs is 4. The molecule has 2 fully saturated rings. The van der Waals surface area contributed by atoms with Gasteiger partial charge in [-0.05, 0) is 107 Å². The van der Waals surface area contributed by atoms with E-state index in [0.717, 1.165) is 21.6 Å². The summed E-state index contributed by atoms with van der Waals surface area (Å²) in [4.78, 5) is 68.4. The Hall–Kier alpha value is -8.16. The Morgan fingerprint density at radius 2 is 1.36 bits per heavy atom. The van der Waals surface area contributed by atoms with Crippen molar-refractivity contribution in [1.82, 2.24) is 9.80 Å². The van der Waals surface area contributed by atoms with Gasteiger partial charge in [0.05, 0.1) is 58.2 Å². The number of imide groups is 1. The van der Waals surface area contributed by atoms with Gasteiger partial charge in [0.2, 0.25) is 11.8 Å². The van der Waals surface area contributed by atoms with Crippen LogP contribution in [0.1, 0.15) is 62.7 Å². The maximum Gasteiger partial charge on any atom is 0.421 e. The third-order valence-corrected chi connectivity index (χ3v) is 14.4. The second kappa shape index (κ2) is 21.1. The molecule has 378 valence electrons. The van der Waals surface area contributed by atoms with Crippen LogP contribution in [-0.2, 0) is 47.0 Å². The maximum atomic E-state index is 16.7. The van der Waals surface area contributed by atoms with Gasteiger partial charge in [0.25, 0.3) is 0 Å². The van der Waals surface area contributed by atoms with Crippen LogP contribution < -0.4 is 23.8 Å². The molecule has 0 aromatic heterocycles. The van der Waals surface area contributed by atoms with Crippen molar-refractivity contribution in [2.45, 2.75) is 42.6 Å². The van der Waals surface area contributed by atoms with Crippen LogP contribution >= 0.6 is 0 Å². The van der Waals surface area contributed by atoms with Crippen molar-refractivity contribution >= 4 is 29.6 Å². The highest BCUT2D eigenvalue weighted by Gasteiger charge is 2.76. The number of aliphatic hydroxyl groups is 1. The van der Waals surface area contributed by atoms with Crippen LogP contribution in [0.3, 0.4) is 0 Å². The maximum absolute atomic E-state index is 16.7. The lowest BCUT2D eigenvalue weighted by Gasteiger charge is -2.46. The number of amides is 3. The molecule has 2 saturated heterocycles. The minimum absolute atomic E-state index is 0.0338. The first-order valence-electron chi connectivity index (χ1n) is 24.4. The van der Waals surface area contributed by atoms with Crippen LogP contribution in [0.2, 0.25) is 0 Å². The molecule has 0 unspecified atom stereocenters. The number of carbonyl (C=O) groups is 4. The summed E-state index contributed by atoms with van der Waals surface area (Å²) in [6, 6.07) is 38.7. The van der Waals surface area contributed by atoms with E-state index in [4.69, 9.17) is 33.2 Å². The zero-order valence-corrected chi connectivity index (χ0v) is 41.4. The zero-order chi connectivity index (χ0) is 51.5. The summed E-state index contributed by atoms with van der Waals surface area (Å²) in [5.74, 6) is 4.99. The molecule has 1 N–H and O–H groups in total. The molecule has 6 atom stereocenters. The third-order valence-electron chi connectivity index (χ3n) is 14.4. The molecular weight excluding hydrogens is 943 g/mol. The largest absolute Gasteiger partial charge is 0.497 e. The van der Waals surface area contributed by atoms with Crippen molar-refractivity contribution in [3.63, 3.8) is 0 Å². The van der Waals surface area contributed by atoms with Gasteiger partial charge in [-0.15, -0.1) is 0 Å². The summed E-state index contributed by atoms with van der Waals surface area (Å²) in [7, 11) is 6.16. The summed E-state index contributed by atoms with van der Waals surface area (Å²) in [6.07, 6.45) is -1.51. The highest BCUT2D eigenvalue weighted by atomic mass is 16.6. The van der Waals surface area contributed by atoms with Crippen LogP contribution in [0.15, 0.2) is 140 Å². The van der Waals surface area contributed by atoms with Crippen LogP contribution in [0.5, 0.6) is 23.0 Å². The first-order valence-corrected chi connectivity index (χ1v) is 24.4. The van der Waals surface area contributed by atoms with Gasteiger partial charge in [-0.3, -0.25) is 19.3 Å². The Morgan fingerprint density at radius 1 is 0.689 bits per heavy atom. The molecule has 4 heterocycles. The highest BCUT2D eigenvalue weighted by molar-refractivity contribution is 6.23. The van der Waals surface area contributed by atoms with Crippen molar-refractivity contribution in [3.05, 3.63) is 184 Å². The number of anilines is 1. The fraction of sp³-hybridized carbons (Fsp3) is 0.288. The van der Waals surface area contributed by atoms with Gasteiger partial charge < -0.3 is 43.2 Å². The van der Waals surface area contributed by atoms with E-state index in [1.54, 1.807) is 74.8 Å². The summed E-state index contributed by atoms with van der Waals surface area (Å²) in [5.41, 5.74) is 3.18. The van der Waals surface area contributed by atoms with Crippen LogP contribution in [0, 0.1) is 17.8 Å². The molecule has 1 spiro atoms. The monoisotopic (exact) mass is 997 g/mol. The Balaban J connectivity index is 1.27. The fourth-order valence-corrected chi connectivity index (χ4v) is 11.2. The number of hydrogen-bond acceptors (Lipinski definition) is 13. The average Bonchev–Trinajstić information content (AvgIpc) is 3.97. The molecule has 0 aliphatic carbocycles. The minimum Gasteiger partial charge on any atom is -0.497 e. The number of nitrogens with zero attached hydrogens (tertiary/aromatic N) is 3. The number of aliphatic hydroxyl groups excluding tert-OH is 1. The molecule has 4 aliphatic heterocycles. The van der Waals surface area contributed by atoms with Crippen molar-refractivity contribution in [2.24, 2.45) is 5.92 Å². The number of ether oxygens (including phenoxy) is 7. The molecule has 15 heteroatoms. The van der Waals surface area contributed by atoms with Crippen LogP contribution in [-0.4, -0.2) is 106 Å². The molecule has 10 rings (SSSR count). The molecular formula is C59H55N3O12. The van der Waals surface area contributed by atoms with Gasteiger partial charge in [0.1, 0.15) is 42.3 Å². The minimum atomic E-state index is -2.08. The van der Waals surface area contributed by atoms with Gasteiger partial charge >= 0.3 is 12.1 Å². The Morgan fingerprint density at radius 3 is 2.05 bits per heavy atom. The normalized spacial score (nSPS) is 21.7. The molecule has 4 aliphatic rings. The number of methoxy groups -OCH3 is 4. The fourth-order valence-electron chi connectivity index (χ4n) is 11.2. The molecule has 6 aromatic carbocycles. The van der Waals surface area contributed by atoms with E-state index in [0.29, 0.717) is 51.7 Å². The van der Waals surface area contributed by atoms with Crippen molar-refractivity contribution in [1.29, 1.82) is 0 Å². The van der Waals surface area contributed by atoms with Gasteiger partial charge in [-0.1, -0.05) is 84.6 Å². The summed E-state index contributed by atoms with van der Waals surface area (Å²) < 4.78 is 40.5. The Labute approximate surface area is 429 Å². The van der Waals surface area contributed by atoms with Crippen molar-refractivity contribution in [2.75, 3.05) is 66.3 Å². The van der Waals surface area contributed by atoms with E-state index < -0.39 is 59.4 Å². The van der Waals surface area contributed by atoms with E-state index in [-0.39, 0.29) is 50.8 Å². The Bertz CT molecular complexity index is 3140. The summed E-state index contributed by atoms with van der Waals surface area (Å²) >= 11 is 0. The van der Waals surface area contributed by atoms with E-state index >= 15 is 14.4 Å². The topological polar surface area (TPSA) is 163 Å². The zero-order valence-electron chi connectivity index (χ0n) is 41.4. The van der Waals surface area contributed by atoms with Crippen LogP contribution in [0.25, 0.3) is 0 Å². The molecule has 0 bridgehead atoms. The predicted molar refractivity (Wildman–Crippen MR) is 272 cm³/mol. The van der Waals surface area contributed by atoms with Crippen molar-refractivity contribution < 1.29 is 57.4 Å². The van der Waals surface area contributed by atoms with Gasteiger partial charge in [0.15, 0.2) is 11.5 Å². The number of esters is 1. The molecule has 0 radical (unpaired) electrons. The Kier molecular flexibility index (Phi) is 14.1. The summed E-state index contributed by atoms with van der Waals surface area (Å²) in [6.45, 7) is -0.119. The van der Waals surface area contributed by atoms with E-state index in [9.17, 15) is 9.90 Å². The lowest BCUT2D eigenvalue weighted by Crippen LogP contribution is -2.57. The van der Waals surface area contributed by atoms with Gasteiger partial charge in [-0.25, -0.2) is 9.69 Å². The number of rotatable bonds is 13. The van der Waals surface area contributed by atoms with Gasteiger partial charge in [-0.2, -0.15) is 0 Å². The standard InChI is InChI=1S/C59H55N3O12/c1-68-30-31-73-58(67)61-47-25-22-38(19-18-37-20-23-44(69-2)24-21-37)32-46(47)59(57(61)66)50(55(64)60-27-26-41-34-48(70-3)49(71-4)35-43(41)36-60)52-56(65)74-53(40-14-9-6-10-15-40)51(39-12-7-5-8-13-39)62(52)54(59)42-16-11-17-45(33-42)72-29-28-63/h5-17,20-25,32-35,50-54,63H,26-31,36H2,1-4H3/t50-,51-,52-,53+,54+,59-/m1/s1. The molecule has 15 nitrogen and oxygen atoms in total. The smallest absolute Gasteiger partial charge is 0.421 e. The number of benzene rings is 6. The third kappa shape index (κ3) is 8.74. The van der Waals surface area contributed by atoms with Crippen molar-refractivity contribution in [3.8, 4) is 34.8 Å². The quantitative estimate of drug-likeness (QED) is 0.0688. The highest BCUT2D eigenvalue weighted by Crippen LogP contribution is 2.66. The first-order chi connectivity index (χ1) is 36.1.